The molecule has 0 rings (SSSR count). The molecule has 1 N–H and O–H groups in total. The first-order valence-corrected chi connectivity index (χ1v) is 3.45. The molecule has 0 radical (unpaired) electrons. The fourth-order valence-electron chi connectivity index (χ4n) is 0.535. The minimum absolute atomic E-state index is 0.0871. The van der Waals surface area contributed by atoms with Crippen LogP contribution in [0.25, 0.3) is 0 Å². The lowest BCUT2D eigenvalue weighted by atomic mass is 10.1. The third-order valence-corrected chi connectivity index (χ3v) is 1.36. The fourth-order valence-corrected chi connectivity index (χ4v) is 0.535. The highest BCUT2D eigenvalue weighted by molar-refractivity contribution is 5.65. The van der Waals surface area contributed by atoms with Gasteiger partial charge in [-0.1, -0.05) is 6.92 Å². The number of aliphatic hydroxyl groups is 1. The third-order valence-electron chi connectivity index (χ3n) is 1.36. The van der Waals surface area contributed by atoms with Crippen molar-refractivity contribution < 1.29 is 14.6 Å². The van der Waals surface area contributed by atoms with Crippen molar-refractivity contribution in [3.63, 3.8) is 0 Å². The predicted molar refractivity (Wildman–Crippen MR) is 37.5 cm³/mol. The molecule has 0 saturated heterocycles. The summed E-state index contributed by atoms with van der Waals surface area (Å²) in [5, 5.41) is 8.65. The maximum atomic E-state index is 10.3. The van der Waals surface area contributed by atoms with Gasteiger partial charge in [-0.15, -0.1) is 0 Å². The highest BCUT2D eigenvalue weighted by Crippen LogP contribution is 2.00. The van der Waals surface area contributed by atoms with Gasteiger partial charge in [-0.05, 0) is 6.42 Å². The van der Waals surface area contributed by atoms with E-state index in [0.717, 1.165) is 6.42 Å². The second-order valence-corrected chi connectivity index (χ2v) is 2.26. The van der Waals surface area contributed by atoms with Gasteiger partial charge < -0.3 is 9.84 Å². The number of aliphatic hydroxyl groups excluding tert-OH is 1. The molecule has 0 spiro atoms. The van der Waals surface area contributed by atoms with E-state index in [0.29, 0.717) is 6.61 Å². The zero-order chi connectivity index (χ0) is 7.98. The molecular formula is C7H14O3. The van der Waals surface area contributed by atoms with Crippen LogP contribution in [0.3, 0.4) is 0 Å². The molecule has 0 aromatic heterocycles. The van der Waals surface area contributed by atoms with Crippen LogP contribution in [0.5, 0.6) is 0 Å². The van der Waals surface area contributed by atoms with Crippen molar-refractivity contribution in [2.75, 3.05) is 13.2 Å². The Morgan fingerprint density at radius 1 is 1.70 bits per heavy atom. The second-order valence-electron chi connectivity index (χ2n) is 2.26. The SMILES string of the molecule is CC[C@H](CO)COC(C)=O. The lowest BCUT2D eigenvalue weighted by Gasteiger charge is -2.09. The van der Waals surface area contributed by atoms with Crippen LogP contribution in [0.15, 0.2) is 0 Å². The molecule has 3 heteroatoms. The topological polar surface area (TPSA) is 46.5 Å². The van der Waals surface area contributed by atoms with Gasteiger partial charge in [0.15, 0.2) is 0 Å². The Hall–Kier alpha value is -0.570. The van der Waals surface area contributed by atoms with Crippen molar-refractivity contribution in [1.29, 1.82) is 0 Å². The van der Waals surface area contributed by atoms with Crippen LogP contribution >= 0.6 is 0 Å². The standard InChI is InChI=1S/C7H14O3/c1-3-7(4-8)5-10-6(2)9/h7-8H,3-5H2,1-2H3/t7-/m1/s1. The van der Waals surface area contributed by atoms with Crippen molar-refractivity contribution in [2.45, 2.75) is 20.3 Å². The quantitative estimate of drug-likeness (QED) is 0.590. The number of hydrogen-bond acceptors (Lipinski definition) is 3. The molecule has 0 amide bonds. The maximum Gasteiger partial charge on any atom is 0.302 e. The monoisotopic (exact) mass is 146 g/mol. The van der Waals surface area contributed by atoms with Gasteiger partial charge in [0, 0.05) is 19.4 Å². The van der Waals surface area contributed by atoms with Crippen LogP contribution in [0.2, 0.25) is 0 Å². The molecule has 60 valence electrons. The summed E-state index contributed by atoms with van der Waals surface area (Å²) in [5.41, 5.74) is 0. The molecule has 0 aliphatic heterocycles. The van der Waals surface area contributed by atoms with Crippen LogP contribution in [-0.2, 0) is 9.53 Å². The molecule has 0 aromatic carbocycles. The van der Waals surface area contributed by atoms with E-state index in [1.807, 2.05) is 6.92 Å². The Morgan fingerprint density at radius 3 is 2.60 bits per heavy atom. The lowest BCUT2D eigenvalue weighted by molar-refractivity contribution is -0.142. The summed E-state index contributed by atoms with van der Waals surface area (Å²) < 4.78 is 4.69. The van der Waals surface area contributed by atoms with Gasteiger partial charge in [-0.3, -0.25) is 4.79 Å². The average Bonchev–Trinajstić information content (AvgIpc) is 1.90. The first-order valence-electron chi connectivity index (χ1n) is 3.45. The summed E-state index contributed by atoms with van der Waals surface area (Å²) in [6, 6.07) is 0. The molecule has 0 aromatic rings. The molecule has 0 fully saturated rings. The minimum Gasteiger partial charge on any atom is -0.465 e. The molecule has 10 heavy (non-hydrogen) atoms. The van der Waals surface area contributed by atoms with Crippen molar-refractivity contribution >= 4 is 5.97 Å². The number of hydrogen-bond donors (Lipinski definition) is 1. The summed E-state index contributed by atoms with van der Waals surface area (Å²) in [6.07, 6.45) is 0.837. The zero-order valence-corrected chi connectivity index (χ0v) is 6.46. The van der Waals surface area contributed by atoms with E-state index in [-0.39, 0.29) is 18.5 Å². The summed E-state index contributed by atoms with van der Waals surface area (Å²) in [6.45, 7) is 3.74. The van der Waals surface area contributed by atoms with Crippen LogP contribution in [-0.4, -0.2) is 24.3 Å². The van der Waals surface area contributed by atoms with Gasteiger partial charge in [0.25, 0.3) is 0 Å². The van der Waals surface area contributed by atoms with Crippen molar-refractivity contribution in [3.05, 3.63) is 0 Å². The number of ether oxygens (including phenoxy) is 1. The number of esters is 1. The van der Waals surface area contributed by atoms with E-state index >= 15 is 0 Å². The first kappa shape index (κ1) is 9.43. The normalized spacial score (nSPS) is 12.7. The summed E-state index contributed by atoms with van der Waals surface area (Å²) in [4.78, 5) is 10.3. The third kappa shape index (κ3) is 4.32. The molecule has 0 saturated carbocycles. The highest BCUT2D eigenvalue weighted by Gasteiger charge is 2.05. The largest absolute Gasteiger partial charge is 0.465 e. The van der Waals surface area contributed by atoms with Gasteiger partial charge in [-0.2, -0.15) is 0 Å². The van der Waals surface area contributed by atoms with E-state index in [1.54, 1.807) is 0 Å². The molecule has 1 atom stereocenters. The van der Waals surface area contributed by atoms with Crippen LogP contribution in [0.1, 0.15) is 20.3 Å². The van der Waals surface area contributed by atoms with Gasteiger partial charge in [0.1, 0.15) is 0 Å². The Morgan fingerprint density at radius 2 is 2.30 bits per heavy atom. The summed E-state index contributed by atoms with van der Waals surface area (Å²) in [5.74, 6) is -0.184. The second kappa shape index (κ2) is 5.23. The van der Waals surface area contributed by atoms with E-state index < -0.39 is 0 Å². The lowest BCUT2D eigenvalue weighted by Crippen LogP contribution is -2.14. The highest BCUT2D eigenvalue weighted by atomic mass is 16.5. The molecule has 3 nitrogen and oxygen atoms in total. The first-order chi connectivity index (χ1) is 4.70. The number of carbonyl (C=O) groups is 1. The summed E-state index contributed by atoms with van der Waals surface area (Å²) >= 11 is 0. The minimum atomic E-state index is -0.285. The maximum absolute atomic E-state index is 10.3. The van der Waals surface area contributed by atoms with Crippen molar-refractivity contribution in [2.24, 2.45) is 5.92 Å². The molecule has 0 aliphatic rings. The van der Waals surface area contributed by atoms with E-state index in [4.69, 9.17) is 5.11 Å². The van der Waals surface area contributed by atoms with Gasteiger partial charge in [0.05, 0.1) is 6.61 Å². The molecule has 0 heterocycles. The van der Waals surface area contributed by atoms with Crippen LogP contribution in [0.4, 0.5) is 0 Å². The Labute approximate surface area is 61.0 Å². The average molecular weight is 146 g/mol. The smallest absolute Gasteiger partial charge is 0.302 e. The van der Waals surface area contributed by atoms with Crippen molar-refractivity contribution in [1.82, 2.24) is 0 Å². The number of rotatable bonds is 4. The molecule has 0 aliphatic carbocycles. The van der Waals surface area contributed by atoms with Crippen LogP contribution < -0.4 is 0 Å². The number of carbonyl (C=O) groups excluding carboxylic acids is 1. The fraction of sp³-hybridized carbons (Fsp3) is 0.857. The molecule has 0 unspecified atom stereocenters. The predicted octanol–water partition coefficient (Wildman–Crippen LogP) is 0.568. The van der Waals surface area contributed by atoms with Gasteiger partial charge >= 0.3 is 5.97 Å². The summed E-state index contributed by atoms with van der Waals surface area (Å²) in [7, 11) is 0. The van der Waals surface area contributed by atoms with E-state index in [2.05, 4.69) is 4.74 Å². The van der Waals surface area contributed by atoms with Gasteiger partial charge in [0.2, 0.25) is 0 Å². The van der Waals surface area contributed by atoms with E-state index in [9.17, 15) is 4.79 Å². The van der Waals surface area contributed by atoms with E-state index in [1.165, 1.54) is 6.92 Å². The molecule has 0 bridgehead atoms. The van der Waals surface area contributed by atoms with Crippen LogP contribution in [0, 0.1) is 5.92 Å². The zero-order valence-electron chi connectivity index (χ0n) is 6.46. The Bertz CT molecular complexity index is 97.0. The Kier molecular flexibility index (Phi) is 4.94. The van der Waals surface area contributed by atoms with Crippen molar-refractivity contribution in [3.8, 4) is 0 Å². The van der Waals surface area contributed by atoms with Gasteiger partial charge in [-0.25, -0.2) is 0 Å². The molecular weight excluding hydrogens is 132 g/mol. The Balaban J connectivity index is 3.34.